The van der Waals surface area contributed by atoms with Crippen molar-refractivity contribution in [2.24, 2.45) is 0 Å². The van der Waals surface area contributed by atoms with Crippen LogP contribution in [0.4, 0.5) is 10.6 Å². The van der Waals surface area contributed by atoms with Crippen LogP contribution in [0.25, 0.3) is 16.7 Å². The molecule has 3 atom stereocenters. The van der Waals surface area contributed by atoms with E-state index in [1.807, 2.05) is 49.5 Å². The first-order valence-corrected chi connectivity index (χ1v) is 13.8. The normalized spacial score (nSPS) is 22.4. The standard InChI is InChI=1S/C29H40N6O4/c1-18-11-22-15-30-35(27-14-26(31-20(3)32-27)33-9-10-38-23(16-33)17-36)25(22)13-24(18)21-7-8-34(19(2)12-21)28(37)39-29(4,5)6/h11,13-15,19,21,23,36H,7-10,12,16-17H2,1-6H3. The Morgan fingerprint density at radius 2 is 1.92 bits per heavy atom. The summed E-state index contributed by atoms with van der Waals surface area (Å²) in [4.78, 5) is 26.1. The Hall–Kier alpha value is -3.24. The minimum absolute atomic E-state index is 0.0192. The second kappa shape index (κ2) is 10.7. The molecule has 0 spiro atoms. The lowest BCUT2D eigenvalue weighted by atomic mass is 9.83. The van der Waals surface area contributed by atoms with E-state index in [1.54, 1.807) is 0 Å². The van der Waals surface area contributed by atoms with Gasteiger partial charge in [-0.05, 0) is 83.6 Å². The van der Waals surface area contributed by atoms with Crippen molar-refractivity contribution >= 4 is 22.8 Å². The molecule has 1 aromatic carbocycles. The summed E-state index contributed by atoms with van der Waals surface area (Å²) in [5.41, 5.74) is 3.00. The lowest BCUT2D eigenvalue weighted by Gasteiger charge is -2.39. The summed E-state index contributed by atoms with van der Waals surface area (Å²) in [7, 11) is 0. The number of morpholine rings is 1. The molecule has 3 aromatic rings. The van der Waals surface area contributed by atoms with Gasteiger partial charge < -0.3 is 24.4 Å². The van der Waals surface area contributed by atoms with E-state index in [9.17, 15) is 9.90 Å². The number of aromatic nitrogens is 4. The quantitative estimate of drug-likeness (QED) is 0.531. The Morgan fingerprint density at radius 1 is 1.15 bits per heavy atom. The molecule has 0 bridgehead atoms. The number of hydrogen-bond acceptors (Lipinski definition) is 8. The number of amides is 1. The molecule has 2 aliphatic heterocycles. The molecule has 2 fully saturated rings. The minimum Gasteiger partial charge on any atom is -0.444 e. The average Bonchev–Trinajstić information content (AvgIpc) is 3.29. The second-order valence-electron chi connectivity index (χ2n) is 11.8. The zero-order chi connectivity index (χ0) is 27.9. The number of aliphatic hydroxyl groups is 1. The molecular weight excluding hydrogens is 496 g/mol. The number of aliphatic hydroxyl groups excluding tert-OH is 1. The van der Waals surface area contributed by atoms with Crippen LogP contribution in [0.5, 0.6) is 0 Å². The molecule has 10 heteroatoms. The Kier molecular flexibility index (Phi) is 7.52. The van der Waals surface area contributed by atoms with Crippen molar-refractivity contribution in [2.45, 2.75) is 78.0 Å². The van der Waals surface area contributed by atoms with E-state index >= 15 is 0 Å². The number of aryl methyl sites for hydroxylation is 2. The molecular formula is C29H40N6O4. The highest BCUT2D eigenvalue weighted by molar-refractivity contribution is 5.82. The van der Waals surface area contributed by atoms with E-state index in [2.05, 4.69) is 35.9 Å². The number of carbonyl (C=O) groups is 1. The van der Waals surface area contributed by atoms with Gasteiger partial charge in [-0.25, -0.2) is 19.4 Å². The number of hydrogen-bond donors (Lipinski definition) is 1. The Balaban J connectivity index is 1.42. The first kappa shape index (κ1) is 27.3. The van der Waals surface area contributed by atoms with Crippen molar-refractivity contribution in [1.29, 1.82) is 0 Å². The van der Waals surface area contributed by atoms with Crippen LogP contribution in [0.1, 0.15) is 63.4 Å². The molecule has 39 heavy (non-hydrogen) atoms. The van der Waals surface area contributed by atoms with Crippen molar-refractivity contribution < 1.29 is 19.4 Å². The van der Waals surface area contributed by atoms with E-state index in [-0.39, 0.29) is 24.8 Å². The zero-order valence-electron chi connectivity index (χ0n) is 23.8. The summed E-state index contributed by atoms with van der Waals surface area (Å²) in [5, 5.41) is 15.3. The van der Waals surface area contributed by atoms with Gasteiger partial charge in [0.15, 0.2) is 5.82 Å². The maximum atomic E-state index is 12.7. The molecule has 4 heterocycles. The van der Waals surface area contributed by atoms with E-state index in [0.717, 1.165) is 29.6 Å². The van der Waals surface area contributed by atoms with Crippen molar-refractivity contribution in [2.75, 3.05) is 37.7 Å². The third-order valence-corrected chi connectivity index (χ3v) is 7.59. The van der Waals surface area contributed by atoms with Gasteiger partial charge in [-0.15, -0.1) is 0 Å². The largest absolute Gasteiger partial charge is 0.444 e. The molecule has 1 amide bonds. The minimum atomic E-state index is -0.505. The number of piperidine rings is 1. The molecule has 10 nitrogen and oxygen atoms in total. The first-order valence-electron chi connectivity index (χ1n) is 13.8. The van der Waals surface area contributed by atoms with E-state index in [0.29, 0.717) is 43.8 Å². The van der Waals surface area contributed by atoms with Gasteiger partial charge >= 0.3 is 6.09 Å². The van der Waals surface area contributed by atoms with E-state index < -0.39 is 5.60 Å². The molecule has 0 saturated carbocycles. The number of likely N-dealkylation sites (tertiary alicyclic amines) is 1. The molecule has 5 rings (SSSR count). The summed E-state index contributed by atoms with van der Waals surface area (Å²) in [6.45, 7) is 14.3. The van der Waals surface area contributed by atoms with Gasteiger partial charge in [0.2, 0.25) is 0 Å². The van der Waals surface area contributed by atoms with Gasteiger partial charge in [-0.2, -0.15) is 5.10 Å². The SMILES string of the molecule is Cc1nc(N2CCOC(CO)C2)cc(-n2ncc3cc(C)c(C4CCN(C(=O)OC(C)(C)C)C(C)C4)cc32)n1. The summed E-state index contributed by atoms with van der Waals surface area (Å²) < 4.78 is 13.1. The Morgan fingerprint density at radius 3 is 2.64 bits per heavy atom. The van der Waals surface area contributed by atoms with Crippen molar-refractivity contribution in [1.82, 2.24) is 24.6 Å². The topological polar surface area (TPSA) is 106 Å². The summed E-state index contributed by atoms with van der Waals surface area (Å²) in [6, 6.07) is 6.48. The smallest absolute Gasteiger partial charge is 0.410 e. The molecule has 0 aliphatic carbocycles. The third-order valence-electron chi connectivity index (χ3n) is 7.59. The molecule has 3 unspecified atom stereocenters. The fraction of sp³-hybridized carbons (Fsp3) is 0.586. The number of benzene rings is 1. The van der Waals surface area contributed by atoms with Gasteiger partial charge in [-0.1, -0.05) is 0 Å². The van der Waals surface area contributed by atoms with Crippen LogP contribution in [0.3, 0.4) is 0 Å². The lowest BCUT2D eigenvalue weighted by molar-refractivity contribution is 0.00334. The van der Waals surface area contributed by atoms with E-state index in [4.69, 9.17) is 19.6 Å². The molecule has 2 aromatic heterocycles. The predicted octanol–water partition coefficient (Wildman–Crippen LogP) is 4.13. The van der Waals surface area contributed by atoms with Crippen molar-refractivity contribution in [3.8, 4) is 5.82 Å². The van der Waals surface area contributed by atoms with Gasteiger partial charge in [0, 0.05) is 37.1 Å². The highest BCUT2D eigenvalue weighted by Crippen LogP contribution is 2.36. The predicted molar refractivity (Wildman–Crippen MR) is 150 cm³/mol. The Labute approximate surface area is 229 Å². The summed E-state index contributed by atoms with van der Waals surface area (Å²) in [5.74, 6) is 2.51. The lowest BCUT2D eigenvalue weighted by Crippen LogP contribution is -2.46. The van der Waals surface area contributed by atoms with Gasteiger partial charge in [-0.3, -0.25) is 0 Å². The first-order chi connectivity index (χ1) is 18.5. The van der Waals surface area contributed by atoms with Crippen LogP contribution in [0.2, 0.25) is 0 Å². The van der Waals surface area contributed by atoms with Crippen LogP contribution < -0.4 is 4.90 Å². The fourth-order valence-electron chi connectivity index (χ4n) is 5.72. The second-order valence-corrected chi connectivity index (χ2v) is 11.8. The monoisotopic (exact) mass is 536 g/mol. The van der Waals surface area contributed by atoms with Crippen LogP contribution in [-0.4, -0.2) is 86.4 Å². The number of rotatable bonds is 4. The highest BCUT2D eigenvalue weighted by Gasteiger charge is 2.33. The van der Waals surface area contributed by atoms with E-state index in [1.165, 1.54) is 11.1 Å². The van der Waals surface area contributed by atoms with Gasteiger partial charge in [0.25, 0.3) is 0 Å². The van der Waals surface area contributed by atoms with Crippen LogP contribution in [0, 0.1) is 13.8 Å². The summed E-state index contributed by atoms with van der Waals surface area (Å²) in [6.07, 6.45) is 3.17. The van der Waals surface area contributed by atoms with Crippen LogP contribution in [-0.2, 0) is 9.47 Å². The number of fused-ring (bicyclic) bond motifs is 1. The molecule has 2 saturated heterocycles. The molecule has 210 valence electrons. The number of anilines is 1. The third kappa shape index (κ3) is 5.86. The van der Waals surface area contributed by atoms with Gasteiger partial charge in [0.1, 0.15) is 17.2 Å². The van der Waals surface area contributed by atoms with Gasteiger partial charge in [0.05, 0.1) is 31.0 Å². The number of carbonyl (C=O) groups excluding carboxylic acids is 1. The van der Waals surface area contributed by atoms with Crippen LogP contribution >= 0.6 is 0 Å². The maximum absolute atomic E-state index is 12.7. The summed E-state index contributed by atoms with van der Waals surface area (Å²) >= 11 is 0. The molecule has 0 radical (unpaired) electrons. The molecule has 1 N–H and O–H groups in total. The Bertz CT molecular complexity index is 1350. The maximum Gasteiger partial charge on any atom is 0.410 e. The van der Waals surface area contributed by atoms with Crippen molar-refractivity contribution in [3.63, 3.8) is 0 Å². The highest BCUT2D eigenvalue weighted by atomic mass is 16.6. The van der Waals surface area contributed by atoms with Crippen molar-refractivity contribution in [3.05, 3.63) is 41.3 Å². The van der Waals surface area contributed by atoms with Crippen LogP contribution in [0.15, 0.2) is 24.4 Å². The zero-order valence-corrected chi connectivity index (χ0v) is 23.8. The number of nitrogens with zero attached hydrogens (tertiary/aromatic N) is 6. The number of ether oxygens (including phenoxy) is 2. The fourth-order valence-corrected chi connectivity index (χ4v) is 5.72. The molecule has 2 aliphatic rings. The average molecular weight is 537 g/mol.